The van der Waals surface area contributed by atoms with Gasteiger partial charge in [-0.3, -0.25) is 14.4 Å². The topological polar surface area (TPSA) is 132 Å². The zero-order valence-electron chi connectivity index (χ0n) is 9.59. The van der Waals surface area contributed by atoms with E-state index in [9.17, 15) is 34.8 Å². The fraction of sp³-hybridized carbons (Fsp3) is 0.0833. The van der Waals surface area contributed by atoms with E-state index in [0.717, 1.165) is 6.92 Å². The van der Waals surface area contributed by atoms with Crippen molar-refractivity contribution in [3.63, 3.8) is 0 Å². The van der Waals surface area contributed by atoms with E-state index in [-0.39, 0.29) is 0 Å². The monoisotopic (exact) mass is 264 g/mol. The van der Waals surface area contributed by atoms with Crippen molar-refractivity contribution < 1.29 is 34.8 Å². The molecule has 4 N–H and O–H groups in total. The van der Waals surface area contributed by atoms with Gasteiger partial charge in [0, 0.05) is 6.07 Å². The summed E-state index contributed by atoms with van der Waals surface area (Å²) >= 11 is 0. The molecule has 1 aliphatic carbocycles. The van der Waals surface area contributed by atoms with E-state index < -0.39 is 57.1 Å². The number of aliphatic hydroxyl groups is 1. The Bertz CT molecular complexity index is 682. The third-order valence-electron chi connectivity index (χ3n) is 2.74. The predicted octanol–water partition coefficient (Wildman–Crippen LogP) is 0.583. The molecule has 0 fully saturated rings. The Labute approximate surface area is 106 Å². The molecule has 0 radical (unpaired) electrons. The van der Waals surface area contributed by atoms with Crippen LogP contribution in [-0.2, 0) is 4.79 Å². The number of rotatable bonds is 1. The van der Waals surface area contributed by atoms with Crippen molar-refractivity contribution in [2.24, 2.45) is 0 Å². The minimum Gasteiger partial charge on any atom is -0.507 e. The third kappa shape index (κ3) is 1.55. The SMILES string of the molecule is CC(=O)C1=C(O)C(=O)c2c(O)c(O)cc(O)c2C1=O. The number of hydrogen-bond acceptors (Lipinski definition) is 7. The molecule has 1 aromatic rings. The van der Waals surface area contributed by atoms with Gasteiger partial charge in [0.15, 0.2) is 23.0 Å². The molecule has 0 saturated heterocycles. The highest BCUT2D eigenvalue weighted by atomic mass is 16.3. The highest BCUT2D eigenvalue weighted by Gasteiger charge is 2.39. The molecule has 0 atom stereocenters. The van der Waals surface area contributed by atoms with Crippen LogP contribution in [0.2, 0.25) is 0 Å². The Morgan fingerprint density at radius 1 is 0.947 bits per heavy atom. The van der Waals surface area contributed by atoms with E-state index in [1.54, 1.807) is 0 Å². The maximum atomic E-state index is 12.0. The normalized spacial score (nSPS) is 14.6. The Balaban J connectivity index is 2.89. The molecule has 7 heteroatoms. The summed E-state index contributed by atoms with van der Waals surface area (Å²) in [6, 6.07) is 0.666. The fourth-order valence-corrected chi connectivity index (χ4v) is 1.89. The van der Waals surface area contributed by atoms with Crippen LogP contribution in [-0.4, -0.2) is 37.8 Å². The number of benzene rings is 1. The number of carbonyl (C=O) groups excluding carboxylic acids is 3. The van der Waals surface area contributed by atoms with Crippen LogP contribution in [0.25, 0.3) is 0 Å². The van der Waals surface area contributed by atoms with E-state index >= 15 is 0 Å². The largest absolute Gasteiger partial charge is 0.507 e. The first kappa shape index (κ1) is 12.6. The van der Waals surface area contributed by atoms with Crippen molar-refractivity contribution in [1.82, 2.24) is 0 Å². The quantitative estimate of drug-likeness (QED) is 0.331. The summed E-state index contributed by atoms with van der Waals surface area (Å²) in [5, 5.41) is 38.0. The number of carbonyl (C=O) groups is 3. The van der Waals surface area contributed by atoms with Crippen molar-refractivity contribution in [3.8, 4) is 17.2 Å². The van der Waals surface area contributed by atoms with Crippen LogP contribution in [0.3, 0.4) is 0 Å². The van der Waals surface area contributed by atoms with Crippen molar-refractivity contribution in [2.45, 2.75) is 6.92 Å². The van der Waals surface area contributed by atoms with Gasteiger partial charge in [-0.1, -0.05) is 0 Å². The summed E-state index contributed by atoms with van der Waals surface area (Å²) < 4.78 is 0. The van der Waals surface area contributed by atoms with E-state index in [2.05, 4.69) is 0 Å². The highest BCUT2D eigenvalue weighted by Crippen LogP contribution is 2.42. The molecule has 19 heavy (non-hydrogen) atoms. The van der Waals surface area contributed by atoms with Crippen LogP contribution >= 0.6 is 0 Å². The summed E-state index contributed by atoms with van der Waals surface area (Å²) in [7, 11) is 0. The number of phenols is 3. The summed E-state index contributed by atoms with van der Waals surface area (Å²) in [5.74, 6) is -6.82. The number of fused-ring (bicyclic) bond motifs is 1. The number of allylic oxidation sites excluding steroid dienone is 2. The molecule has 0 heterocycles. The first-order valence-electron chi connectivity index (χ1n) is 5.08. The fourth-order valence-electron chi connectivity index (χ4n) is 1.89. The van der Waals surface area contributed by atoms with Crippen LogP contribution in [0.1, 0.15) is 27.6 Å². The lowest BCUT2D eigenvalue weighted by Gasteiger charge is -2.18. The first-order chi connectivity index (χ1) is 8.77. The summed E-state index contributed by atoms with van der Waals surface area (Å²) in [6.07, 6.45) is 0. The van der Waals surface area contributed by atoms with Crippen molar-refractivity contribution >= 4 is 17.3 Å². The zero-order chi connectivity index (χ0) is 14.5. The number of ketones is 3. The molecule has 0 bridgehead atoms. The second-order valence-electron chi connectivity index (χ2n) is 3.95. The van der Waals surface area contributed by atoms with Gasteiger partial charge < -0.3 is 20.4 Å². The van der Waals surface area contributed by atoms with E-state index in [4.69, 9.17) is 0 Å². The van der Waals surface area contributed by atoms with E-state index in [1.165, 1.54) is 0 Å². The minimum absolute atomic E-state index is 0.622. The molecular weight excluding hydrogens is 256 g/mol. The van der Waals surface area contributed by atoms with Crippen LogP contribution in [0.15, 0.2) is 17.4 Å². The second kappa shape index (κ2) is 3.84. The average molecular weight is 264 g/mol. The molecule has 0 aromatic heterocycles. The van der Waals surface area contributed by atoms with Gasteiger partial charge in [0.05, 0.1) is 11.1 Å². The lowest BCUT2D eigenvalue weighted by atomic mass is 9.85. The maximum absolute atomic E-state index is 12.0. The molecular formula is C12H8O7. The Morgan fingerprint density at radius 3 is 2.05 bits per heavy atom. The number of aromatic hydroxyl groups is 3. The number of aliphatic hydroxyl groups excluding tert-OH is 1. The maximum Gasteiger partial charge on any atom is 0.232 e. The Hall–Kier alpha value is -2.83. The van der Waals surface area contributed by atoms with Gasteiger partial charge in [-0.15, -0.1) is 0 Å². The van der Waals surface area contributed by atoms with Crippen LogP contribution in [0, 0.1) is 0 Å². The van der Waals surface area contributed by atoms with Gasteiger partial charge >= 0.3 is 0 Å². The van der Waals surface area contributed by atoms with E-state index in [1.807, 2.05) is 0 Å². The summed E-state index contributed by atoms with van der Waals surface area (Å²) in [4.78, 5) is 35.0. The second-order valence-corrected chi connectivity index (χ2v) is 3.95. The predicted molar refractivity (Wildman–Crippen MR) is 60.4 cm³/mol. The molecule has 1 aromatic carbocycles. The molecule has 0 unspecified atom stereocenters. The van der Waals surface area contributed by atoms with Gasteiger partial charge in [0.25, 0.3) is 0 Å². The average Bonchev–Trinajstić information content (AvgIpc) is 2.30. The minimum atomic E-state index is -1.22. The van der Waals surface area contributed by atoms with Gasteiger partial charge in [-0.25, -0.2) is 0 Å². The first-order valence-corrected chi connectivity index (χ1v) is 5.08. The van der Waals surface area contributed by atoms with Crippen LogP contribution in [0.4, 0.5) is 0 Å². The van der Waals surface area contributed by atoms with Crippen molar-refractivity contribution in [3.05, 3.63) is 28.5 Å². The van der Waals surface area contributed by atoms with Gasteiger partial charge in [0.1, 0.15) is 11.3 Å². The molecule has 0 amide bonds. The molecule has 0 spiro atoms. The standard InChI is InChI=1S/C12H8O7/c1-3(13)6-10(17)7-4(14)2-5(15)9(16)8(7)12(19)11(6)18/h2,14-16,18H,1H3. The molecule has 1 aliphatic rings. The third-order valence-corrected chi connectivity index (χ3v) is 2.74. The molecule has 7 nitrogen and oxygen atoms in total. The summed E-state index contributed by atoms with van der Waals surface area (Å²) in [5.41, 5.74) is -2.12. The molecule has 2 rings (SSSR count). The number of Topliss-reactive ketones (excluding diaryl/α,β-unsaturated/α-hetero) is 3. The highest BCUT2D eigenvalue weighted by molar-refractivity contribution is 6.37. The van der Waals surface area contributed by atoms with Gasteiger partial charge in [-0.05, 0) is 6.92 Å². The van der Waals surface area contributed by atoms with Gasteiger partial charge in [-0.2, -0.15) is 0 Å². The number of phenolic OH excluding ortho intramolecular Hbond substituents is 3. The Morgan fingerprint density at radius 2 is 1.53 bits per heavy atom. The van der Waals surface area contributed by atoms with Crippen LogP contribution in [0.5, 0.6) is 17.2 Å². The Kier molecular flexibility index (Phi) is 2.55. The zero-order valence-corrected chi connectivity index (χ0v) is 9.59. The summed E-state index contributed by atoms with van der Waals surface area (Å²) in [6.45, 7) is 0.971. The lowest BCUT2D eigenvalue weighted by Crippen LogP contribution is -2.25. The van der Waals surface area contributed by atoms with E-state index in [0.29, 0.717) is 6.07 Å². The smallest absolute Gasteiger partial charge is 0.232 e. The molecule has 98 valence electrons. The molecule has 0 saturated carbocycles. The van der Waals surface area contributed by atoms with Gasteiger partial charge in [0.2, 0.25) is 11.6 Å². The van der Waals surface area contributed by atoms with Crippen molar-refractivity contribution in [2.75, 3.05) is 0 Å². The van der Waals surface area contributed by atoms with Crippen molar-refractivity contribution in [1.29, 1.82) is 0 Å². The molecule has 0 aliphatic heterocycles. The van der Waals surface area contributed by atoms with Crippen LogP contribution < -0.4 is 0 Å². The lowest BCUT2D eigenvalue weighted by molar-refractivity contribution is -0.113. The number of hydrogen-bond donors (Lipinski definition) is 4.